The average molecular weight is 282 g/mol. The molecule has 0 bridgehead atoms. The molecule has 0 spiro atoms. The summed E-state index contributed by atoms with van der Waals surface area (Å²) in [5, 5.41) is 6.69. The Morgan fingerprint density at radius 1 is 1.55 bits per heavy atom. The SMILES string of the molecule is CCC(C)(C)NC(=O)C(C)OC(=O)Cn1ccc(N)n1. The van der Waals surface area contributed by atoms with Gasteiger partial charge in [0.25, 0.3) is 5.91 Å². The predicted octanol–water partition coefficient (Wildman–Crippen LogP) is 0.702. The number of nitrogens with one attached hydrogen (secondary N) is 1. The summed E-state index contributed by atoms with van der Waals surface area (Å²) in [5.41, 5.74) is 5.12. The quantitative estimate of drug-likeness (QED) is 0.748. The third kappa shape index (κ3) is 4.91. The van der Waals surface area contributed by atoms with Crippen molar-refractivity contribution in [2.24, 2.45) is 0 Å². The number of carbonyl (C=O) groups excluding carboxylic acids is 2. The minimum absolute atomic E-state index is 0.0774. The van der Waals surface area contributed by atoms with Crippen LogP contribution in [0.3, 0.4) is 0 Å². The van der Waals surface area contributed by atoms with Gasteiger partial charge < -0.3 is 15.8 Å². The van der Waals surface area contributed by atoms with E-state index in [-0.39, 0.29) is 18.0 Å². The molecular formula is C13H22N4O3. The number of hydrogen-bond acceptors (Lipinski definition) is 5. The summed E-state index contributed by atoms with van der Waals surface area (Å²) in [6.07, 6.45) is 1.51. The Bertz CT molecular complexity index is 482. The molecule has 1 aromatic rings. The normalized spacial score (nSPS) is 12.8. The Kier molecular flexibility index (Phi) is 5.12. The molecule has 0 saturated carbocycles. The zero-order chi connectivity index (χ0) is 15.3. The predicted molar refractivity (Wildman–Crippen MR) is 74.7 cm³/mol. The van der Waals surface area contributed by atoms with Gasteiger partial charge in [0.2, 0.25) is 0 Å². The van der Waals surface area contributed by atoms with E-state index in [4.69, 9.17) is 10.5 Å². The van der Waals surface area contributed by atoms with Crippen LogP contribution in [0.2, 0.25) is 0 Å². The van der Waals surface area contributed by atoms with Gasteiger partial charge in [-0.15, -0.1) is 0 Å². The number of amides is 1. The van der Waals surface area contributed by atoms with Crippen molar-refractivity contribution in [2.45, 2.75) is 52.3 Å². The lowest BCUT2D eigenvalue weighted by molar-refractivity contribution is -0.156. The highest BCUT2D eigenvalue weighted by molar-refractivity contribution is 5.83. The minimum atomic E-state index is -0.846. The summed E-state index contributed by atoms with van der Waals surface area (Å²) in [6, 6.07) is 1.58. The average Bonchev–Trinajstić information content (AvgIpc) is 2.73. The van der Waals surface area contributed by atoms with Crippen LogP contribution in [0.5, 0.6) is 0 Å². The Morgan fingerprint density at radius 3 is 2.70 bits per heavy atom. The third-order valence-electron chi connectivity index (χ3n) is 2.98. The van der Waals surface area contributed by atoms with Crippen LogP contribution >= 0.6 is 0 Å². The number of rotatable bonds is 6. The van der Waals surface area contributed by atoms with E-state index in [2.05, 4.69) is 10.4 Å². The van der Waals surface area contributed by atoms with Gasteiger partial charge in [-0.1, -0.05) is 6.92 Å². The Morgan fingerprint density at radius 2 is 2.20 bits per heavy atom. The maximum Gasteiger partial charge on any atom is 0.328 e. The lowest BCUT2D eigenvalue weighted by Gasteiger charge is -2.26. The molecule has 20 heavy (non-hydrogen) atoms. The van der Waals surface area contributed by atoms with E-state index in [1.54, 1.807) is 12.3 Å². The summed E-state index contributed by atoms with van der Waals surface area (Å²) < 4.78 is 6.42. The highest BCUT2D eigenvalue weighted by atomic mass is 16.5. The second-order valence-electron chi connectivity index (χ2n) is 5.30. The molecule has 0 saturated heterocycles. The number of aromatic nitrogens is 2. The lowest BCUT2D eigenvalue weighted by atomic mass is 10.0. The van der Waals surface area contributed by atoms with Crippen molar-refractivity contribution in [1.82, 2.24) is 15.1 Å². The van der Waals surface area contributed by atoms with Gasteiger partial charge in [-0.3, -0.25) is 14.3 Å². The molecule has 0 radical (unpaired) electrons. The van der Waals surface area contributed by atoms with Gasteiger partial charge in [0.15, 0.2) is 6.10 Å². The molecule has 1 heterocycles. The number of nitrogens with two attached hydrogens (primary N) is 1. The summed E-state index contributed by atoms with van der Waals surface area (Å²) >= 11 is 0. The van der Waals surface area contributed by atoms with Gasteiger partial charge in [0, 0.05) is 11.7 Å². The highest BCUT2D eigenvalue weighted by Gasteiger charge is 2.24. The number of ether oxygens (including phenoxy) is 1. The van der Waals surface area contributed by atoms with Gasteiger partial charge in [-0.25, -0.2) is 0 Å². The van der Waals surface area contributed by atoms with Crippen molar-refractivity contribution in [3.05, 3.63) is 12.3 Å². The molecular weight excluding hydrogens is 260 g/mol. The fraction of sp³-hybridized carbons (Fsp3) is 0.615. The van der Waals surface area contributed by atoms with E-state index in [0.717, 1.165) is 6.42 Å². The van der Waals surface area contributed by atoms with E-state index in [0.29, 0.717) is 5.82 Å². The van der Waals surface area contributed by atoms with Crippen molar-refractivity contribution in [1.29, 1.82) is 0 Å². The summed E-state index contributed by atoms with van der Waals surface area (Å²) in [7, 11) is 0. The molecule has 1 atom stereocenters. The first kappa shape index (κ1) is 16.0. The monoisotopic (exact) mass is 282 g/mol. The Balaban J connectivity index is 2.47. The van der Waals surface area contributed by atoms with Crippen LogP contribution in [0.4, 0.5) is 5.82 Å². The second-order valence-corrected chi connectivity index (χ2v) is 5.30. The number of carbonyl (C=O) groups is 2. The number of nitrogens with zero attached hydrogens (tertiary/aromatic N) is 2. The summed E-state index contributed by atoms with van der Waals surface area (Å²) in [4.78, 5) is 23.5. The van der Waals surface area contributed by atoms with Gasteiger partial charge in [0.1, 0.15) is 12.4 Å². The van der Waals surface area contributed by atoms with Gasteiger partial charge in [-0.05, 0) is 33.3 Å². The first-order valence-electron chi connectivity index (χ1n) is 6.54. The van der Waals surface area contributed by atoms with Crippen LogP contribution in [0.25, 0.3) is 0 Å². The van der Waals surface area contributed by atoms with Gasteiger partial charge >= 0.3 is 5.97 Å². The van der Waals surface area contributed by atoms with E-state index < -0.39 is 12.1 Å². The van der Waals surface area contributed by atoms with Crippen molar-refractivity contribution >= 4 is 17.7 Å². The van der Waals surface area contributed by atoms with Crippen molar-refractivity contribution in [2.75, 3.05) is 5.73 Å². The van der Waals surface area contributed by atoms with Crippen LogP contribution in [0, 0.1) is 0 Å². The zero-order valence-corrected chi connectivity index (χ0v) is 12.3. The minimum Gasteiger partial charge on any atom is -0.451 e. The van der Waals surface area contributed by atoms with Crippen molar-refractivity contribution < 1.29 is 14.3 Å². The Labute approximate surface area is 118 Å². The molecule has 1 rings (SSSR count). The van der Waals surface area contributed by atoms with Crippen LogP contribution in [-0.2, 0) is 20.9 Å². The molecule has 7 heteroatoms. The van der Waals surface area contributed by atoms with Crippen LogP contribution in [0.15, 0.2) is 12.3 Å². The lowest BCUT2D eigenvalue weighted by Crippen LogP contribution is -2.47. The molecule has 112 valence electrons. The molecule has 0 aliphatic carbocycles. The second kappa shape index (κ2) is 6.40. The molecule has 3 N–H and O–H groups in total. The number of hydrogen-bond donors (Lipinski definition) is 2. The third-order valence-corrected chi connectivity index (χ3v) is 2.98. The largest absolute Gasteiger partial charge is 0.451 e. The molecule has 0 fully saturated rings. The number of anilines is 1. The zero-order valence-electron chi connectivity index (χ0n) is 12.3. The molecule has 7 nitrogen and oxygen atoms in total. The van der Waals surface area contributed by atoms with Gasteiger partial charge in [0.05, 0.1) is 0 Å². The Hall–Kier alpha value is -2.05. The smallest absolute Gasteiger partial charge is 0.328 e. The fourth-order valence-electron chi connectivity index (χ4n) is 1.41. The molecule has 1 amide bonds. The van der Waals surface area contributed by atoms with Crippen molar-refractivity contribution in [3.63, 3.8) is 0 Å². The number of esters is 1. The fourth-order valence-corrected chi connectivity index (χ4v) is 1.41. The van der Waals surface area contributed by atoms with Crippen LogP contribution in [-0.4, -0.2) is 33.3 Å². The molecule has 1 aromatic heterocycles. The van der Waals surface area contributed by atoms with E-state index in [9.17, 15) is 9.59 Å². The van der Waals surface area contributed by atoms with E-state index >= 15 is 0 Å². The molecule has 1 unspecified atom stereocenters. The van der Waals surface area contributed by atoms with E-state index in [1.807, 2.05) is 20.8 Å². The first-order valence-corrected chi connectivity index (χ1v) is 6.54. The highest BCUT2D eigenvalue weighted by Crippen LogP contribution is 2.08. The maximum absolute atomic E-state index is 11.9. The summed E-state index contributed by atoms with van der Waals surface area (Å²) in [5.74, 6) is -0.525. The molecule has 0 aliphatic rings. The van der Waals surface area contributed by atoms with Crippen LogP contribution in [0.1, 0.15) is 34.1 Å². The van der Waals surface area contributed by atoms with Gasteiger partial charge in [-0.2, -0.15) is 5.10 Å². The van der Waals surface area contributed by atoms with Crippen LogP contribution < -0.4 is 11.1 Å². The topological polar surface area (TPSA) is 99.2 Å². The molecule has 0 aromatic carbocycles. The maximum atomic E-state index is 11.9. The van der Waals surface area contributed by atoms with E-state index in [1.165, 1.54) is 11.6 Å². The molecule has 0 aliphatic heterocycles. The first-order chi connectivity index (χ1) is 9.23. The number of nitrogen functional groups attached to an aromatic ring is 1. The summed E-state index contributed by atoms with van der Waals surface area (Å²) in [6.45, 7) is 7.25. The van der Waals surface area contributed by atoms with Crippen molar-refractivity contribution in [3.8, 4) is 0 Å². The standard InChI is InChI=1S/C13H22N4O3/c1-5-13(3,4)15-12(19)9(2)20-11(18)8-17-7-6-10(14)16-17/h6-7,9H,5,8H2,1-4H3,(H2,14,16)(H,15,19).